The summed E-state index contributed by atoms with van der Waals surface area (Å²) >= 11 is 0. The number of hydrogen-bond acceptors (Lipinski definition) is 7. The molecule has 4 aromatic rings. The molecule has 4 heterocycles. The van der Waals surface area contributed by atoms with Crippen molar-refractivity contribution in [1.82, 2.24) is 24.9 Å². The number of urea groups is 1. The predicted octanol–water partition coefficient (Wildman–Crippen LogP) is 2.33. The number of sulfone groups is 1. The molecule has 6 rings (SSSR count). The molecule has 210 valence electrons. The number of carbonyl (C=O) groups is 3. The number of pyridine rings is 1. The Kier molecular flexibility index (Phi) is 6.18. The van der Waals surface area contributed by atoms with Crippen molar-refractivity contribution in [3.05, 3.63) is 81.9 Å². The van der Waals surface area contributed by atoms with Crippen molar-refractivity contribution in [2.24, 2.45) is 7.05 Å². The maximum Gasteiger partial charge on any atom is 0.342 e. The average molecular weight is 576 g/mol. The minimum absolute atomic E-state index is 0.105. The lowest BCUT2D eigenvalue weighted by Gasteiger charge is -2.33. The van der Waals surface area contributed by atoms with Crippen LogP contribution in [0.2, 0.25) is 0 Å². The Morgan fingerprint density at radius 3 is 2.51 bits per heavy atom. The van der Waals surface area contributed by atoms with Crippen molar-refractivity contribution in [3.8, 4) is 16.9 Å². The molecule has 2 aliphatic rings. The molecular formula is C28H25N5O7S. The van der Waals surface area contributed by atoms with Crippen LogP contribution in [0, 0.1) is 0 Å². The summed E-state index contributed by atoms with van der Waals surface area (Å²) in [5, 5.41) is 5.42. The Morgan fingerprint density at radius 2 is 1.76 bits per heavy atom. The number of carbonyl (C=O) groups excluding carboxylic acids is 3. The van der Waals surface area contributed by atoms with Crippen LogP contribution in [0.15, 0.2) is 64.5 Å². The molecule has 13 heteroatoms. The van der Waals surface area contributed by atoms with Gasteiger partial charge in [0.05, 0.1) is 18.0 Å². The molecule has 2 aromatic carbocycles. The fourth-order valence-electron chi connectivity index (χ4n) is 5.15. The highest BCUT2D eigenvalue weighted by Crippen LogP contribution is 2.36. The smallest absolute Gasteiger partial charge is 0.342 e. The quantitative estimate of drug-likeness (QED) is 0.358. The average Bonchev–Trinajstić information content (AvgIpc) is 3.54. The van der Waals surface area contributed by atoms with E-state index in [0.29, 0.717) is 38.9 Å². The molecule has 12 nitrogen and oxygen atoms in total. The van der Waals surface area contributed by atoms with Gasteiger partial charge in [0.2, 0.25) is 5.91 Å². The number of amides is 4. The summed E-state index contributed by atoms with van der Waals surface area (Å²) < 4.78 is 32.4. The Bertz CT molecular complexity index is 1940. The third kappa shape index (κ3) is 4.63. The van der Waals surface area contributed by atoms with Gasteiger partial charge in [-0.1, -0.05) is 6.07 Å². The number of aromatic nitrogens is 2. The van der Waals surface area contributed by atoms with Gasteiger partial charge in [-0.15, -0.1) is 0 Å². The van der Waals surface area contributed by atoms with E-state index >= 15 is 0 Å². The van der Waals surface area contributed by atoms with E-state index in [-0.39, 0.29) is 48.4 Å². The van der Waals surface area contributed by atoms with Crippen LogP contribution in [0.1, 0.15) is 27.9 Å². The van der Waals surface area contributed by atoms with Gasteiger partial charge in [0.1, 0.15) is 17.9 Å². The lowest BCUT2D eigenvalue weighted by Crippen LogP contribution is -2.56. The third-order valence-corrected chi connectivity index (χ3v) is 8.35. The van der Waals surface area contributed by atoms with Crippen LogP contribution in [0.4, 0.5) is 4.79 Å². The molecule has 0 atom stereocenters. The van der Waals surface area contributed by atoms with Crippen molar-refractivity contribution in [2.75, 3.05) is 12.8 Å². The highest BCUT2D eigenvalue weighted by molar-refractivity contribution is 7.90. The van der Waals surface area contributed by atoms with E-state index in [1.54, 1.807) is 43.7 Å². The zero-order valence-corrected chi connectivity index (χ0v) is 22.9. The molecule has 2 aliphatic heterocycles. The van der Waals surface area contributed by atoms with Crippen LogP contribution in [-0.4, -0.2) is 58.6 Å². The van der Waals surface area contributed by atoms with E-state index in [1.165, 1.54) is 26.7 Å². The molecule has 0 saturated carbocycles. The van der Waals surface area contributed by atoms with Gasteiger partial charge in [0.25, 0.3) is 11.5 Å². The zero-order chi connectivity index (χ0) is 29.1. The highest BCUT2D eigenvalue weighted by Gasteiger charge is 2.36. The lowest BCUT2D eigenvalue weighted by molar-refractivity contribution is -0.123. The first kappa shape index (κ1) is 26.3. The van der Waals surface area contributed by atoms with Gasteiger partial charge in [0.15, 0.2) is 9.84 Å². The Morgan fingerprint density at radius 1 is 0.951 bits per heavy atom. The molecule has 41 heavy (non-hydrogen) atoms. The number of aromatic amines is 1. The molecule has 0 bridgehead atoms. The highest BCUT2D eigenvalue weighted by atomic mass is 32.2. The van der Waals surface area contributed by atoms with Gasteiger partial charge in [0, 0.05) is 54.2 Å². The molecule has 1 fully saturated rings. The van der Waals surface area contributed by atoms with Gasteiger partial charge in [-0.3, -0.25) is 19.7 Å². The maximum absolute atomic E-state index is 13.0. The first-order valence-electron chi connectivity index (χ1n) is 12.7. The van der Waals surface area contributed by atoms with Crippen LogP contribution in [0.5, 0.6) is 5.75 Å². The van der Waals surface area contributed by atoms with Crippen molar-refractivity contribution in [1.29, 1.82) is 0 Å². The fourth-order valence-corrected chi connectivity index (χ4v) is 5.80. The summed E-state index contributed by atoms with van der Waals surface area (Å²) in [4.78, 5) is 52.4. The fraction of sp³-hybridized carbons (Fsp3) is 0.214. The first-order valence-corrected chi connectivity index (χ1v) is 14.6. The second-order valence-electron chi connectivity index (χ2n) is 10.0. The molecule has 0 unspecified atom stereocenters. The third-order valence-electron chi connectivity index (χ3n) is 7.24. The summed E-state index contributed by atoms with van der Waals surface area (Å²) in [5.74, 6) is -0.305. The number of hydrogen-bond donors (Lipinski definition) is 2. The molecule has 0 radical (unpaired) electrons. The number of nitrogens with zero attached hydrogens (tertiary/aromatic N) is 3. The van der Waals surface area contributed by atoms with E-state index in [4.69, 9.17) is 4.74 Å². The number of imide groups is 1. The SMILES string of the molecule is Cn1cc(-c2cc(S(C)(=O)=O)ccc2OCc2ccc3c(c2)CN(N2CCC(=O)NC2=O)C3=O)c2cc[nH]c2c1=O. The summed E-state index contributed by atoms with van der Waals surface area (Å²) in [6, 6.07) is 11.0. The number of H-pyrrole nitrogens is 1. The van der Waals surface area contributed by atoms with E-state index < -0.39 is 15.9 Å². The number of fused-ring (bicyclic) bond motifs is 2. The molecule has 0 spiro atoms. The minimum Gasteiger partial charge on any atom is -0.488 e. The first-order chi connectivity index (χ1) is 19.5. The van der Waals surface area contributed by atoms with Gasteiger partial charge in [-0.05, 0) is 47.5 Å². The monoisotopic (exact) mass is 575 g/mol. The largest absolute Gasteiger partial charge is 0.488 e. The van der Waals surface area contributed by atoms with Gasteiger partial charge in [-0.2, -0.15) is 0 Å². The molecular weight excluding hydrogens is 550 g/mol. The van der Waals surface area contributed by atoms with Gasteiger partial charge >= 0.3 is 6.03 Å². The number of benzene rings is 2. The van der Waals surface area contributed by atoms with E-state index in [9.17, 15) is 27.6 Å². The van der Waals surface area contributed by atoms with Crippen LogP contribution < -0.4 is 15.6 Å². The number of nitrogens with one attached hydrogen (secondary N) is 2. The zero-order valence-electron chi connectivity index (χ0n) is 22.1. The second-order valence-corrected chi connectivity index (χ2v) is 12.0. The van der Waals surface area contributed by atoms with Crippen LogP contribution >= 0.6 is 0 Å². The molecule has 2 N–H and O–H groups in total. The minimum atomic E-state index is -3.53. The predicted molar refractivity (Wildman–Crippen MR) is 148 cm³/mol. The second kappa shape index (κ2) is 9.63. The van der Waals surface area contributed by atoms with E-state index in [1.807, 2.05) is 6.07 Å². The van der Waals surface area contributed by atoms with Crippen LogP contribution in [0.3, 0.4) is 0 Å². The Balaban J connectivity index is 1.31. The van der Waals surface area contributed by atoms with Crippen LogP contribution in [0.25, 0.3) is 22.0 Å². The normalized spacial score (nSPS) is 15.4. The summed E-state index contributed by atoms with van der Waals surface area (Å²) in [6.07, 6.45) is 4.53. The number of rotatable bonds is 6. The molecule has 1 saturated heterocycles. The topological polar surface area (TPSA) is 151 Å². The summed E-state index contributed by atoms with van der Waals surface area (Å²) in [5.41, 5.74) is 3.21. The number of aryl methyl sites for hydroxylation is 1. The molecule has 2 aromatic heterocycles. The van der Waals surface area contributed by atoms with Crippen molar-refractivity contribution in [2.45, 2.75) is 24.5 Å². The number of hydrazine groups is 1. The van der Waals surface area contributed by atoms with Crippen LogP contribution in [-0.2, 0) is 34.8 Å². The van der Waals surface area contributed by atoms with Crippen molar-refractivity contribution >= 4 is 38.6 Å². The van der Waals surface area contributed by atoms with Crippen molar-refractivity contribution < 1.29 is 27.5 Å². The van der Waals surface area contributed by atoms with Crippen molar-refractivity contribution in [3.63, 3.8) is 0 Å². The molecule has 4 amide bonds. The lowest BCUT2D eigenvalue weighted by atomic mass is 10.0. The van der Waals surface area contributed by atoms with Gasteiger partial charge < -0.3 is 14.3 Å². The summed E-state index contributed by atoms with van der Waals surface area (Å²) in [7, 11) is -1.91. The standard InChI is InChI=1S/C28H25N5O7S/c1-31-14-22(20-7-9-29-25(20)27(31)36)21-12-18(41(2,38)39)4-6-23(21)40-15-16-3-5-19-17(11-16)13-33(26(19)35)32-10-8-24(34)30-28(32)37/h3-7,9,11-12,14,29H,8,10,13,15H2,1-2H3,(H,30,34,37). The Labute approximate surface area is 234 Å². The van der Waals surface area contributed by atoms with E-state index in [0.717, 1.165) is 11.8 Å². The maximum atomic E-state index is 13.0. The van der Waals surface area contributed by atoms with E-state index in [2.05, 4.69) is 10.3 Å². The number of ether oxygens (including phenoxy) is 1. The summed E-state index contributed by atoms with van der Waals surface area (Å²) in [6.45, 7) is 0.390. The molecule has 0 aliphatic carbocycles. The Hall–Kier alpha value is -4.91. The van der Waals surface area contributed by atoms with Gasteiger partial charge in [-0.25, -0.2) is 23.2 Å².